The van der Waals surface area contributed by atoms with E-state index in [1.807, 2.05) is 4.90 Å². The SMILES string of the molecule is CCCN1CCN(C(C(=O)NNc2cc(C(F)(F)F)cc(C(F)(F)F)c2)c2cccnc2C)CC1. The number of halogens is 6. The van der Waals surface area contributed by atoms with Gasteiger partial charge >= 0.3 is 12.4 Å². The summed E-state index contributed by atoms with van der Waals surface area (Å²) in [4.78, 5) is 21.7. The van der Waals surface area contributed by atoms with Gasteiger partial charge in [-0.1, -0.05) is 13.0 Å². The summed E-state index contributed by atoms with van der Waals surface area (Å²) in [7, 11) is 0. The Bertz CT molecular complexity index is 986. The number of pyridine rings is 1. The van der Waals surface area contributed by atoms with E-state index < -0.39 is 41.1 Å². The van der Waals surface area contributed by atoms with Crippen LogP contribution in [0.3, 0.4) is 0 Å². The average molecular weight is 503 g/mol. The highest BCUT2D eigenvalue weighted by atomic mass is 19.4. The number of benzene rings is 1. The lowest BCUT2D eigenvalue weighted by molar-refractivity contribution is -0.143. The van der Waals surface area contributed by atoms with Crippen LogP contribution in [0.15, 0.2) is 36.5 Å². The number of aryl methyl sites for hydroxylation is 1. The minimum atomic E-state index is -4.99. The van der Waals surface area contributed by atoms with Crippen molar-refractivity contribution >= 4 is 11.6 Å². The first-order valence-electron chi connectivity index (χ1n) is 11.1. The molecule has 1 aromatic heterocycles. The van der Waals surface area contributed by atoms with Crippen LogP contribution in [0.2, 0.25) is 0 Å². The van der Waals surface area contributed by atoms with Crippen LogP contribution in [0.25, 0.3) is 0 Å². The molecule has 2 heterocycles. The Hall–Kier alpha value is -2.86. The molecular formula is C23H27F6N5O. The maximum absolute atomic E-state index is 13.2. The average Bonchev–Trinajstić information content (AvgIpc) is 2.79. The first-order chi connectivity index (χ1) is 16.4. The summed E-state index contributed by atoms with van der Waals surface area (Å²) in [6, 6.07) is 3.65. The third-order valence-electron chi connectivity index (χ3n) is 5.82. The monoisotopic (exact) mass is 503 g/mol. The molecule has 2 N–H and O–H groups in total. The quantitative estimate of drug-likeness (QED) is 0.426. The summed E-state index contributed by atoms with van der Waals surface area (Å²) in [5.41, 5.74) is 2.28. The highest BCUT2D eigenvalue weighted by Gasteiger charge is 2.37. The maximum atomic E-state index is 13.2. The van der Waals surface area contributed by atoms with E-state index in [2.05, 4.69) is 27.7 Å². The number of carbonyl (C=O) groups excluding carboxylic acids is 1. The molecule has 1 atom stereocenters. The first kappa shape index (κ1) is 26.7. The smallest absolute Gasteiger partial charge is 0.301 e. The van der Waals surface area contributed by atoms with Crippen LogP contribution in [0.1, 0.15) is 41.8 Å². The highest BCUT2D eigenvalue weighted by Crippen LogP contribution is 2.37. The minimum Gasteiger partial charge on any atom is -0.301 e. The van der Waals surface area contributed by atoms with Crippen molar-refractivity contribution < 1.29 is 31.1 Å². The van der Waals surface area contributed by atoms with Gasteiger partial charge in [0.2, 0.25) is 0 Å². The summed E-state index contributed by atoms with van der Waals surface area (Å²) >= 11 is 0. The third kappa shape index (κ3) is 6.85. The van der Waals surface area contributed by atoms with Crippen LogP contribution in [-0.2, 0) is 17.1 Å². The largest absolute Gasteiger partial charge is 0.416 e. The molecular weight excluding hydrogens is 476 g/mol. The molecule has 0 bridgehead atoms. The fourth-order valence-corrected chi connectivity index (χ4v) is 4.08. The summed E-state index contributed by atoms with van der Waals surface area (Å²) in [5.74, 6) is -0.615. The van der Waals surface area contributed by atoms with Crippen LogP contribution in [-0.4, -0.2) is 53.4 Å². The molecule has 1 aromatic carbocycles. The second kappa shape index (κ2) is 10.8. The van der Waals surface area contributed by atoms with Gasteiger partial charge in [0, 0.05) is 43.6 Å². The van der Waals surface area contributed by atoms with Crippen molar-refractivity contribution in [3.8, 4) is 0 Å². The lowest BCUT2D eigenvalue weighted by atomic mass is 10.0. The lowest BCUT2D eigenvalue weighted by Gasteiger charge is -2.39. The summed E-state index contributed by atoms with van der Waals surface area (Å²) in [6.07, 6.45) is -7.41. The maximum Gasteiger partial charge on any atom is 0.416 e. The molecule has 1 unspecified atom stereocenters. The van der Waals surface area contributed by atoms with Gasteiger partial charge in [-0.05, 0) is 44.2 Å². The second-order valence-corrected chi connectivity index (χ2v) is 8.37. The Morgan fingerprint density at radius 2 is 1.63 bits per heavy atom. The predicted octanol–water partition coefficient (Wildman–Crippen LogP) is 4.64. The summed E-state index contributed by atoms with van der Waals surface area (Å²) in [5, 5.41) is 0. The van der Waals surface area contributed by atoms with Crippen LogP contribution in [0, 0.1) is 6.92 Å². The number of hydrazine groups is 1. The number of anilines is 1. The second-order valence-electron chi connectivity index (χ2n) is 8.37. The number of amides is 1. The van der Waals surface area contributed by atoms with Crippen molar-refractivity contribution in [2.24, 2.45) is 0 Å². The predicted molar refractivity (Wildman–Crippen MR) is 118 cm³/mol. The Morgan fingerprint density at radius 1 is 1.03 bits per heavy atom. The van der Waals surface area contributed by atoms with Crippen molar-refractivity contribution in [2.45, 2.75) is 38.7 Å². The van der Waals surface area contributed by atoms with Crippen molar-refractivity contribution in [1.82, 2.24) is 20.2 Å². The van der Waals surface area contributed by atoms with E-state index in [9.17, 15) is 31.1 Å². The molecule has 1 fully saturated rings. The Morgan fingerprint density at radius 3 is 2.14 bits per heavy atom. The molecule has 2 aromatic rings. The molecule has 6 nitrogen and oxygen atoms in total. The van der Waals surface area contributed by atoms with Crippen LogP contribution in [0.5, 0.6) is 0 Å². The van der Waals surface area contributed by atoms with Crippen molar-refractivity contribution in [3.05, 3.63) is 58.9 Å². The minimum absolute atomic E-state index is 0.0323. The zero-order valence-electron chi connectivity index (χ0n) is 19.3. The molecule has 3 rings (SSSR count). The van der Waals surface area contributed by atoms with Gasteiger partial charge in [0.15, 0.2) is 0 Å². The van der Waals surface area contributed by atoms with Crippen molar-refractivity contribution in [2.75, 3.05) is 38.1 Å². The molecule has 0 aliphatic carbocycles. The molecule has 0 saturated carbocycles. The normalized spacial score (nSPS) is 16.7. The number of rotatable bonds is 7. The molecule has 192 valence electrons. The number of piperazine rings is 1. The molecule has 12 heteroatoms. The molecule has 0 radical (unpaired) electrons. The van der Waals surface area contributed by atoms with Gasteiger partial charge in [0.05, 0.1) is 16.8 Å². The summed E-state index contributed by atoms with van der Waals surface area (Å²) < 4.78 is 78.9. The number of hydrogen-bond donors (Lipinski definition) is 2. The number of alkyl halides is 6. The Labute approximate surface area is 199 Å². The third-order valence-corrected chi connectivity index (χ3v) is 5.82. The highest BCUT2D eigenvalue weighted by molar-refractivity contribution is 5.84. The zero-order chi connectivity index (χ0) is 25.8. The number of aromatic nitrogens is 1. The number of carbonyl (C=O) groups is 1. The molecule has 1 saturated heterocycles. The van der Waals surface area contributed by atoms with E-state index in [-0.39, 0.29) is 6.07 Å². The van der Waals surface area contributed by atoms with Gasteiger partial charge in [-0.25, -0.2) is 0 Å². The fourth-order valence-electron chi connectivity index (χ4n) is 4.08. The number of hydrogen-bond acceptors (Lipinski definition) is 5. The van der Waals surface area contributed by atoms with Gasteiger partial charge in [0.1, 0.15) is 6.04 Å². The van der Waals surface area contributed by atoms with Gasteiger partial charge in [0.25, 0.3) is 5.91 Å². The topological polar surface area (TPSA) is 60.5 Å². The van der Waals surface area contributed by atoms with E-state index in [1.165, 1.54) is 0 Å². The standard InChI is InChI=1S/C23H27F6N5O/c1-3-7-33-8-10-34(11-9-33)20(19-5-4-6-30-15(19)2)21(35)32-31-18-13-16(22(24,25)26)12-17(14-18)23(27,28)29/h4-6,12-14,20,31H,3,7-11H2,1-2H3,(H,32,35). The summed E-state index contributed by atoms with van der Waals surface area (Å²) in [6.45, 7) is 7.32. The molecule has 1 aliphatic heterocycles. The van der Waals surface area contributed by atoms with Crippen molar-refractivity contribution in [1.29, 1.82) is 0 Å². The van der Waals surface area contributed by atoms with Gasteiger partial charge in [-0.3, -0.25) is 25.5 Å². The van der Waals surface area contributed by atoms with E-state index in [1.54, 1.807) is 25.3 Å². The van der Waals surface area contributed by atoms with Crippen LogP contribution in [0.4, 0.5) is 32.0 Å². The lowest BCUT2D eigenvalue weighted by Crippen LogP contribution is -2.51. The van der Waals surface area contributed by atoms with Crippen molar-refractivity contribution in [3.63, 3.8) is 0 Å². The van der Waals surface area contributed by atoms with Gasteiger partial charge < -0.3 is 4.90 Å². The van der Waals surface area contributed by atoms with Gasteiger partial charge in [-0.2, -0.15) is 26.3 Å². The first-order valence-corrected chi connectivity index (χ1v) is 11.1. The molecule has 1 aliphatic rings. The van der Waals surface area contributed by atoms with E-state index >= 15 is 0 Å². The van der Waals surface area contributed by atoms with E-state index in [0.717, 1.165) is 26.1 Å². The molecule has 35 heavy (non-hydrogen) atoms. The van der Waals surface area contributed by atoms with Crippen LogP contribution < -0.4 is 10.9 Å². The number of nitrogens with one attached hydrogen (secondary N) is 2. The Kier molecular flexibility index (Phi) is 8.26. The van der Waals surface area contributed by atoms with E-state index in [4.69, 9.17) is 0 Å². The fraction of sp³-hybridized carbons (Fsp3) is 0.478. The Balaban J connectivity index is 1.84. The zero-order valence-corrected chi connectivity index (χ0v) is 19.3. The molecule has 1 amide bonds. The van der Waals surface area contributed by atoms with Crippen LogP contribution >= 0.6 is 0 Å². The number of nitrogens with zero attached hydrogens (tertiary/aromatic N) is 3. The molecule has 0 spiro atoms. The van der Waals surface area contributed by atoms with Gasteiger partial charge in [-0.15, -0.1) is 0 Å². The van der Waals surface area contributed by atoms with E-state index in [0.29, 0.717) is 36.5 Å².